The van der Waals surface area contributed by atoms with E-state index in [1.807, 2.05) is 12.1 Å². The van der Waals surface area contributed by atoms with Crippen molar-refractivity contribution in [1.82, 2.24) is 10.2 Å². The number of piperazine rings is 1. The van der Waals surface area contributed by atoms with Gasteiger partial charge in [0.1, 0.15) is 5.75 Å². The molecule has 1 heterocycles. The largest absolute Gasteiger partial charge is 0.506 e. The Balaban J connectivity index is 0.00000162. The first kappa shape index (κ1) is 19.3. The molecule has 110 valence electrons. The van der Waals surface area contributed by atoms with Crippen LogP contribution in [0.2, 0.25) is 5.02 Å². The molecule has 1 saturated heterocycles. The number of aromatic hydroxyl groups is 1. The Morgan fingerprint density at radius 3 is 2.47 bits per heavy atom. The Morgan fingerprint density at radius 2 is 1.89 bits per heavy atom. The molecular formula is C12H18BrCl3N2O. The molecule has 0 aromatic heterocycles. The van der Waals surface area contributed by atoms with Crippen LogP contribution in [-0.4, -0.2) is 36.2 Å². The Bertz CT molecular complexity index is 414. The van der Waals surface area contributed by atoms with E-state index in [4.69, 9.17) is 11.6 Å². The molecule has 1 atom stereocenters. The molecule has 0 saturated carbocycles. The van der Waals surface area contributed by atoms with Crippen LogP contribution in [0.25, 0.3) is 0 Å². The quantitative estimate of drug-likeness (QED) is 0.807. The van der Waals surface area contributed by atoms with Gasteiger partial charge in [-0.15, -0.1) is 24.8 Å². The first-order chi connectivity index (χ1) is 8.11. The van der Waals surface area contributed by atoms with Gasteiger partial charge >= 0.3 is 0 Å². The highest BCUT2D eigenvalue weighted by atomic mass is 79.9. The molecule has 0 spiro atoms. The number of halogens is 4. The Morgan fingerprint density at radius 1 is 1.32 bits per heavy atom. The van der Waals surface area contributed by atoms with Crippen LogP contribution in [0.5, 0.6) is 5.75 Å². The summed E-state index contributed by atoms with van der Waals surface area (Å²) in [4.78, 5) is 2.35. The van der Waals surface area contributed by atoms with E-state index in [2.05, 4.69) is 33.1 Å². The highest BCUT2D eigenvalue weighted by Gasteiger charge is 2.21. The van der Waals surface area contributed by atoms with Crippen LogP contribution in [0, 0.1) is 0 Å². The molecule has 0 radical (unpaired) electrons. The molecule has 1 fully saturated rings. The lowest BCUT2D eigenvalue weighted by Crippen LogP contribution is -2.44. The molecule has 1 aromatic carbocycles. The molecular weight excluding hydrogens is 374 g/mol. The van der Waals surface area contributed by atoms with Crippen LogP contribution in [0.15, 0.2) is 16.6 Å². The maximum absolute atomic E-state index is 10.1. The summed E-state index contributed by atoms with van der Waals surface area (Å²) in [5, 5.41) is 14.0. The number of phenols is 1. The molecule has 1 aliphatic heterocycles. The van der Waals surface area contributed by atoms with E-state index in [1.165, 1.54) is 0 Å². The van der Waals surface area contributed by atoms with Crippen LogP contribution in [0.3, 0.4) is 0 Å². The van der Waals surface area contributed by atoms with Gasteiger partial charge in [0.25, 0.3) is 0 Å². The number of benzene rings is 1. The Hall–Kier alpha value is 0.290. The molecule has 0 unspecified atom stereocenters. The number of nitrogens with one attached hydrogen (secondary N) is 1. The van der Waals surface area contributed by atoms with E-state index < -0.39 is 0 Å². The van der Waals surface area contributed by atoms with Crippen molar-refractivity contribution in [3.05, 3.63) is 27.2 Å². The third-order valence-corrected chi connectivity index (χ3v) is 4.60. The number of hydrogen-bond acceptors (Lipinski definition) is 3. The fourth-order valence-corrected chi connectivity index (χ4v) is 2.67. The van der Waals surface area contributed by atoms with Crippen LogP contribution >= 0.6 is 52.3 Å². The summed E-state index contributed by atoms with van der Waals surface area (Å²) in [6.45, 7) is 6.11. The van der Waals surface area contributed by atoms with Gasteiger partial charge in [0.2, 0.25) is 0 Å². The highest BCUT2D eigenvalue weighted by molar-refractivity contribution is 9.10. The highest BCUT2D eigenvalue weighted by Crippen LogP contribution is 2.38. The zero-order valence-corrected chi connectivity index (χ0v) is 14.5. The van der Waals surface area contributed by atoms with Gasteiger partial charge in [-0.25, -0.2) is 0 Å². The minimum absolute atomic E-state index is 0. The molecule has 0 amide bonds. The average molecular weight is 393 g/mol. The molecule has 2 rings (SSSR count). The average Bonchev–Trinajstić information content (AvgIpc) is 2.36. The number of nitrogens with zero attached hydrogens (tertiary/aromatic N) is 1. The van der Waals surface area contributed by atoms with E-state index in [0.717, 1.165) is 31.7 Å². The third-order valence-electron chi connectivity index (χ3n) is 3.25. The molecule has 19 heavy (non-hydrogen) atoms. The minimum atomic E-state index is 0. The first-order valence-corrected chi connectivity index (χ1v) is 6.90. The van der Waals surface area contributed by atoms with E-state index in [-0.39, 0.29) is 36.6 Å². The smallest absolute Gasteiger partial charge is 0.136 e. The molecule has 0 bridgehead atoms. The maximum atomic E-state index is 10.1. The maximum Gasteiger partial charge on any atom is 0.136 e. The van der Waals surface area contributed by atoms with Gasteiger partial charge in [-0.05, 0) is 28.9 Å². The second-order valence-electron chi connectivity index (χ2n) is 4.26. The molecule has 1 aliphatic rings. The van der Waals surface area contributed by atoms with Crippen molar-refractivity contribution in [2.24, 2.45) is 0 Å². The van der Waals surface area contributed by atoms with E-state index in [0.29, 0.717) is 9.50 Å². The van der Waals surface area contributed by atoms with Gasteiger partial charge in [-0.3, -0.25) is 4.90 Å². The fourth-order valence-electron chi connectivity index (χ4n) is 2.16. The van der Waals surface area contributed by atoms with Crippen LogP contribution < -0.4 is 5.32 Å². The summed E-state index contributed by atoms with van der Waals surface area (Å²) in [7, 11) is 0. The van der Waals surface area contributed by atoms with E-state index >= 15 is 0 Å². The topological polar surface area (TPSA) is 35.5 Å². The Kier molecular flexibility index (Phi) is 8.68. The fraction of sp³-hybridized carbons (Fsp3) is 0.500. The van der Waals surface area contributed by atoms with Gasteiger partial charge in [-0.1, -0.05) is 17.7 Å². The van der Waals surface area contributed by atoms with Crippen molar-refractivity contribution < 1.29 is 5.11 Å². The molecule has 2 N–H and O–H groups in total. The number of rotatable bonds is 2. The summed E-state index contributed by atoms with van der Waals surface area (Å²) >= 11 is 9.26. The molecule has 7 heteroatoms. The zero-order chi connectivity index (χ0) is 12.4. The standard InChI is InChI=1S/C12H16BrClN2O.2ClH/c1-8(16-6-4-15-5-7-16)9-2-3-10(14)11(13)12(9)17;;/h2-3,8,15,17H,4-7H2,1H3;2*1H/t8-;;/m0../s1. The van der Waals surface area contributed by atoms with E-state index in [9.17, 15) is 5.11 Å². The van der Waals surface area contributed by atoms with Crippen molar-refractivity contribution >= 4 is 52.3 Å². The zero-order valence-electron chi connectivity index (χ0n) is 10.5. The molecule has 3 nitrogen and oxygen atoms in total. The van der Waals surface area contributed by atoms with Crippen molar-refractivity contribution in [2.45, 2.75) is 13.0 Å². The second-order valence-corrected chi connectivity index (χ2v) is 5.46. The SMILES string of the molecule is C[C@@H](c1ccc(Cl)c(Br)c1O)N1CCNCC1.Cl.Cl. The first-order valence-electron chi connectivity index (χ1n) is 5.73. The van der Waals surface area contributed by atoms with Gasteiger partial charge in [0.05, 0.1) is 9.50 Å². The van der Waals surface area contributed by atoms with Crippen molar-refractivity contribution in [3.63, 3.8) is 0 Å². The van der Waals surface area contributed by atoms with Gasteiger partial charge in [-0.2, -0.15) is 0 Å². The summed E-state index contributed by atoms with van der Waals surface area (Å²) in [6, 6.07) is 3.92. The van der Waals surface area contributed by atoms with Gasteiger partial charge < -0.3 is 10.4 Å². The van der Waals surface area contributed by atoms with Crippen LogP contribution in [0.1, 0.15) is 18.5 Å². The van der Waals surface area contributed by atoms with Crippen LogP contribution in [-0.2, 0) is 0 Å². The summed E-state index contributed by atoms with van der Waals surface area (Å²) in [6.07, 6.45) is 0. The summed E-state index contributed by atoms with van der Waals surface area (Å²) < 4.78 is 0.582. The third kappa shape index (κ3) is 4.38. The molecule has 0 aliphatic carbocycles. The predicted molar refractivity (Wildman–Crippen MR) is 88.2 cm³/mol. The second kappa shape index (κ2) is 8.55. The monoisotopic (exact) mass is 390 g/mol. The lowest BCUT2D eigenvalue weighted by Gasteiger charge is -2.33. The predicted octanol–water partition coefficient (Wildman–Crippen LogP) is 3.62. The lowest BCUT2D eigenvalue weighted by atomic mass is 10.1. The lowest BCUT2D eigenvalue weighted by molar-refractivity contribution is 0.183. The molecule has 1 aromatic rings. The van der Waals surface area contributed by atoms with Crippen molar-refractivity contribution in [3.8, 4) is 5.75 Å². The van der Waals surface area contributed by atoms with Gasteiger partial charge in [0.15, 0.2) is 0 Å². The van der Waals surface area contributed by atoms with E-state index in [1.54, 1.807) is 0 Å². The van der Waals surface area contributed by atoms with Gasteiger partial charge in [0, 0.05) is 37.8 Å². The minimum Gasteiger partial charge on any atom is -0.506 e. The summed E-state index contributed by atoms with van der Waals surface area (Å²) in [5.74, 6) is 0.253. The Labute approximate surface area is 139 Å². The van der Waals surface area contributed by atoms with Crippen molar-refractivity contribution in [2.75, 3.05) is 26.2 Å². The normalized spacial score (nSPS) is 17.2. The summed E-state index contributed by atoms with van der Waals surface area (Å²) in [5.41, 5.74) is 0.920. The number of phenolic OH excluding ortho intramolecular Hbond substituents is 1. The van der Waals surface area contributed by atoms with Crippen molar-refractivity contribution in [1.29, 1.82) is 0 Å². The number of hydrogen-bond donors (Lipinski definition) is 2. The van der Waals surface area contributed by atoms with Crippen LogP contribution in [0.4, 0.5) is 0 Å².